The Labute approximate surface area is 133 Å². The molecule has 0 saturated carbocycles. The Morgan fingerprint density at radius 1 is 1.39 bits per heavy atom. The summed E-state index contributed by atoms with van der Waals surface area (Å²) < 4.78 is 6.65. The summed E-state index contributed by atoms with van der Waals surface area (Å²) in [6.45, 7) is 5.44. The van der Waals surface area contributed by atoms with Crippen molar-refractivity contribution in [2.75, 3.05) is 11.9 Å². The number of carbonyl (C=O) groups is 2. The summed E-state index contributed by atoms with van der Waals surface area (Å²) in [5.74, 6) is -0.718. The summed E-state index contributed by atoms with van der Waals surface area (Å²) in [7, 11) is 0. The normalized spacial score (nSPS) is 11.1. The Balaban J connectivity index is 2.14. The van der Waals surface area contributed by atoms with Crippen LogP contribution in [0.5, 0.6) is 5.75 Å². The van der Waals surface area contributed by atoms with E-state index in [1.54, 1.807) is 24.3 Å². The van der Waals surface area contributed by atoms with Crippen LogP contribution < -0.4 is 10.1 Å². The van der Waals surface area contributed by atoms with E-state index < -0.39 is 11.5 Å². The molecule has 0 fully saturated rings. The molecule has 7 heteroatoms. The van der Waals surface area contributed by atoms with Crippen molar-refractivity contribution in [3.05, 3.63) is 42.2 Å². The fourth-order valence-corrected chi connectivity index (χ4v) is 1.89. The second kappa shape index (κ2) is 6.51. The van der Waals surface area contributed by atoms with Gasteiger partial charge in [-0.15, -0.1) is 0 Å². The summed E-state index contributed by atoms with van der Waals surface area (Å²) in [4.78, 5) is 23.5. The maximum Gasteiger partial charge on any atom is 0.331 e. The van der Waals surface area contributed by atoms with Crippen molar-refractivity contribution in [1.29, 1.82) is 0 Å². The largest absolute Gasteiger partial charge is 0.494 e. The standard InChI is InChI=1S/C16H19N3O4/c1-4-23-13-7-5-6-11(8-13)14(20)18-12-9-17-19(10-12)16(2,3)15(21)22/h5-10H,4H2,1-3H3,(H,18,20)(H,21,22). The highest BCUT2D eigenvalue weighted by molar-refractivity contribution is 6.04. The van der Waals surface area contributed by atoms with Gasteiger partial charge in [0.2, 0.25) is 0 Å². The van der Waals surface area contributed by atoms with Gasteiger partial charge in [-0.3, -0.25) is 9.48 Å². The third-order valence-electron chi connectivity index (χ3n) is 3.34. The molecule has 0 saturated heterocycles. The lowest BCUT2D eigenvalue weighted by Gasteiger charge is -2.19. The summed E-state index contributed by atoms with van der Waals surface area (Å²) >= 11 is 0. The lowest BCUT2D eigenvalue weighted by atomic mass is 10.1. The van der Waals surface area contributed by atoms with Gasteiger partial charge in [-0.1, -0.05) is 6.07 Å². The highest BCUT2D eigenvalue weighted by atomic mass is 16.5. The molecule has 0 spiro atoms. The monoisotopic (exact) mass is 317 g/mol. The number of nitrogens with one attached hydrogen (secondary N) is 1. The number of nitrogens with zero attached hydrogens (tertiary/aromatic N) is 2. The van der Waals surface area contributed by atoms with Crippen LogP contribution in [0.3, 0.4) is 0 Å². The molecule has 0 aliphatic carbocycles. The summed E-state index contributed by atoms with van der Waals surface area (Å²) in [5.41, 5.74) is -0.329. The van der Waals surface area contributed by atoms with E-state index in [1.165, 1.54) is 30.9 Å². The van der Waals surface area contributed by atoms with Gasteiger partial charge in [0.1, 0.15) is 5.75 Å². The molecule has 0 atom stereocenters. The van der Waals surface area contributed by atoms with Gasteiger partial charge in [0.05, 0.1) is 18.5 Å². The average molecular weight is 317 g/mol. The van der Waals surface area contributed by atoms with Gasteiger partial charge in [-0.05, 0) is 39.0 Å². The van der Waals surface area contributed by atoms with Gasteiger partial charge in [-0.25, -0.2) is 4.79 Å². The number of amides is 1. The lowest BCUT2D eigenvalue weighted by molar-refractivity contribution is -0.146. The highest BCUT2D eigenvalue weighted by Gasteiger charge is 2.30. The Hall–Kier alpha value is -2.83. The maximum absolute atomic E-state index is 12.2. The Bertz CT molecular complexity index is 722. The summed E-state index contributed by atoms with van der Waals surface area (Å²) in [6, 6.07) is 6.82. The Morgan fingerprint density at radius 3 is 2.78 bits per heavy atom. The molecule has 0 bridgehead atoms. The van der Waals surface area contributed by atoms with E-state index in [4.69, 9.17) is 4.74 Å². The minimum atomic E-state index is -1.20. The van der Waals surface area contributed by atoms with E-state index in [0.717, 1.165) is 0 Å². The van der Waals surface area contributed by atoms with Crippen LogP contribution in [0.2, 0.25) is 0 Å². The van der Waals surface area contributed by atoms with Crippen molar-refractivity contribution >= 4 is 17.6 Å². The molecule has 0 aliphatic rings. The first kappa shape index (κ1) is 16.5. The van der Waals surface area contributed by atoms with Crippen LogP contribution in [-0.4, -0.2) is 33.4 Å². The molecule has 0 radical (unpaired) electrons. The van der Waals surface area contributed by atoms with Crippen LogP contribution in [0.4, 0.5) is 5.69 Å². The Morgan fingerprint density at radius 2 is 2.13 bits per heavy atom. The van der Waals surface area contributed by atoms with Crippen molar-refractivity contribution in [1.82, 2.24) is 9.78 Å². The molecule has 1 aromatic heterocycles. The molecule has 2 N–H and O–H groups in total. The number of ether oxygens (including phenoxy) is 1. The second-order valence-electron chi connectivity index (χ2n) is 5.45. The number of carboxylic acids is 1. The van der Waals surface area contributed by atoms with E-state index in [-0.39, 0.29) is 5.91 Å². The fraction of sp³-hybridized carbons (Fsp3) is 0.312. The number of carbonyl (C=O) groups excluding carboxylic acids is 1. The number of aliphatic carboxylic acids is 1. The van der Waals surface area contributed by atoms with Gasteiger partial charge in [-0.2, -0.15) is 5.10 Å². The summed E-state index contributed by atoms with van der Waals surface area (Å²) in [5, 5.41) is 15.9. The molecule has 0 unspecified atom stereocenters. The quantitative estimate of drug-likeness (QED) is 0.853. The van der Waals surface area contributed by atoms with Gasteiger partial charge in [0.25, 0.3) is 5.91 Å². The predicted molar refractivity (Wildman–Crippen MR) is 84.7 cm³/mol. The van der Waals surface area contributed by atoms with Crippen LogP contribution in [0.15, 0.2) is 36.7 Å². The number of benzene rings is 1. The zero-order valence-corrected chi connectivity index (χ0v) is 13.2. The minimum absolute atomic E-state index is 0.320. The average Bonchev–Trinajstić information content (AvgIpc) is 2.97. The topological polar surface area (TPSA) is 93.5 Å². The zero-order chi connectivity index (χ0) is 17.0. The van der Waals surface area contributed by atoms with E-state index in [9.17, 15) is 14.7 Å². The van der Waals surface area contributed by atoms with Crippen molar-refractivity contribution in [3.8, 4) is 5.75 Å². The second-order valence-corrected chi connectivity index (χ2v) is 5.45. The van der Waals surface area contributed by atoms with Crippen LogP contribution >= 0.6 is 0 Å². The predicted octanol–water partition coefficient (Wildman–Crippen LogP) is 2.35. The van der Waals surface area contributed by atoms with E-state index in [1.807, 2.05) is 6.92 Å². The van der Waals surface area contributed by atoms with Crippen LogP contribution in [0.1, 0.15) is 31.1 Å². The molecule has 2 aromatic rings. The molecule has 7 nitrogen and oxygen atoms in total. The molecule has 0 aliphatic heterocycles. The number of anilines is 1. The van der Waals surface area contributed by atoms with Crippen molar-refractivity contribution in [2.24, 2.45) is 0 Å². The smallest absolute Gasteiger partial charge is 0.331 e. The van der Waals surface area contributed by atoms with E-state index >= 15 is 0 Å². The zero-order valence-electron chi connectivity index (χ0n) is 13.2. The van der Waals surface area contributed by atoms with E-state index in [2.05, 4.69) is 10.4 Å². The molecule has 23 heavy (non-hydrogen) atoms. The molecule has 2 rings (SSSR count). The highest BCUT2D eigenvalue weighted by Crippen LogP contribution is 2.19. The van der Waals surface area contributed by atoms with Gasteiger partial charge >= 0.3 is 5.97 Å². The van der Waals surface area contributed by atoms with Crippen molar-refractivity contribution in [3.63, 3.8) is 0 Å². The maximum atomic E-state index is 12.2. The molecule has 122 valence electrons. The molecular formula is C16H19N3O4. The summed E-state index contributed by atoms with van der Waals surface area (Å²) in [6.07, 6.45) is 2.90. The minimum Gasteiger partial charge on any atom is -0.494 e. The van der Waals surface area contributed by atoms with Gasteiger partial charge in [0.15, 0.2) is 5.54 Å². The van der Waals surface area contributed by atoms with Crippen LogP contribution in [0, 0.1) is 0 Å². The first-order valence-corrected chi connectivity index (χ1v) is 7.17. The molecular weight excluding hydrogens is 298 g/mol. The number of carboxylic acid groups (broad SMARTS) is 1. The van der Waals surface area contributed by atoms with Crippen LogP contribution in [-0.2, 0) is 10.3 Å². The first-order chi connectivity index (χ1) is 10.8. The Kier molecular flexibility index (Phi) is 4.68. The molecule has 1 aromatic carbocycles. The van der Waals surface area contributed by atoms with Crippen molar-refractivity contribution < 1.29 is 19.4 Å². The number of aromatic nitrogens is 2. The first-order valence-electron chi connectivity index (χ1n) is 7.17. The van der Waals surface area contributed by atoms with Crippen molar-refractivity contribution in [2.45, 2.75) is 26.3 Å². The fourth-order valence-electron chi connectivity index (χ4n) is 1.89. The molecule has 1 amide bonds. The van der Waals surface area contributed by atoms with Gasteiger partial charge < -0.3 is 15.2 Å². The number of hydrogen-bond donors (Lipinski definition) is 2. The van der Waals surface area contributed by atoms with Crippen LogP contribution in [0.25, 0.3) is 0 Å². The SMILES string of the molecule is CCOc1cccc(C(=O)Nc2cnn(C(C)(C)C(=O)O)c2)c1. The van der Waals surface area contributed by atoms with E-state index in [0.29, 0.717) is 23.6 Å². The number of rotatable bonds is 6. The number of hydrogen-bond acceptors (Lipinski definition) is 4. The third kappa shape index (κ3) is 3.68. The molecule has 1 heterocycles. The van der Waals surface area contributed by atoms with Gasteiger partial charge in [0, 0.05) is 11.8 Å². The lowest BCUT2D eigenvalue weighted by Crippen LogP contribution is -2.35. The third-order valence-corrected chi connectivity index (χ3v) is 3.34.